The monoisotopic (exact) mass is 332 g/mol. The van der Waals surface area contributed by atoms with Gasteiger partial charge in [0, 0.05) is 4.11 Å². The van der Waals surface area contributed by atoms with Crippen molar-refractivity contribution in [1.29, 1.82) is 0 Å². The molecule has 0 radical (unpaired) electrons. The highest BCUT2D eigenvalue weighted by Crippen LogP contribution is 2.38. The Labute approximate surface area is 148 Å². The van der Waals surface area contributed by atoms with Crippen LogP contribution in [0.4, 0.5) is 0 Å². The Hall–Kier alpha value is -3.14. The second-order valence-corrected chi connectivity index (χ2v) is 6.29. The van der Waals surface area contributed by atoms with Crippen LogP contribution >= 0.6 is 0 Å². The average Bonchev–Trinajstić information content (AvgIpc) is 3.16. The fraction of sp³-hybridized carbons (Fsp3) is 0.143. The lowest BCUT2D eigenvalue weighted by Crippen LogP contribution is -2.31. The standard InChI is InChI=1S/C21H17N2O2/c1-12-8-16-19(9-15(12)17-10-22-13(2)11-23(17)3)25-20-14-6-4-5-7-18(14)24-21(16)20/h4-11H,1-3H3/q+1/i2D3. The maximum atomic E-state index is 7.54. The number of aromatic nitrogens is 2. The van der Waals surface area contributed by atoms with E-state index in [1.807, 2.05) is 50.4 Å². The Bertz CT molecular complexity index is 1380. The number of hydrogen-bond acceptors (Lipinski definition) is 3. The number of furan rings is 2. The molecule has 5 aromatic rings. The van der Waals surface area contributed by atoms with E-state index in [1.165, 1.54) is 0 Å². The van der Waals surface area contributed by atoms with Gasteiger partial charge in [-0.3, -0.25) is 0 Å². The third-order valence-corrected chi connectivity index (χ3v) is 4.63. The highest BCUT2D eigenvalue weighted by Gasteiger charge is 2.20. The van der Waals surface area contributed by atoms with Crippen molar-refractivity contribution >= 4 is 33.1 Å². The summed E-state index contributed by atoms with van der Waals surface area (Å²) in [5.41, 5.74) is 5.84. The molecule has 0 saturated carbocycles. The van der Waals surface area contributed by atoms with Crippen molar-refractivity contribution in [3.8, 4) is 11.3 Å². The molecule has 0 aliphatic carbocycles. The van der Waals surface area contributed by atoms with Crippen LogP contribution in [0.1, 0.15) is 15.4 Å². The quantitative estimate of drug-likeness (QED) is 0.413. The lowest BCUT2D eigenvalue weighted by atomic mass is 10.0. The van der Waals surface area contributed by atoms with Crippen molar-refractivity contribution in [2.75, 3.05) is 0 Å². The van der Waals surface area contributed by atoms with E-state index in [0.29, 0.717) is 0 Å². The maximum absolute atomic E-state index is 7.54. The zero-order valence-corrected chi connectivity index (χ0v) is 13.8. The summed E-state index contributed by atoms with van der Waals surface area (Å²) in [6, 6.07) is 11.8. The second kappa shape index (κ2) is 4.93. The molecule has 0 unspecified atom stereocenters. The number of benzene rings is 2. The van der Waals surface area contributed by atoms with Crippen LogP contribution in [-0.2, 0) is 7.05 Å². The zero-order valence-electron chi connectivity index (χ0n) is 16.8. The van der Waals surface area contributed by atoms with Crippen LogP contribution in [0.15, 0.2) is 57.6 Å². The van der Waals surface area contributed by atoms with Gasteiger partial charge in [-0.1, -0.05) is 12.1 Å². The summed E-state index contributed by atoms with van der Waals surface area (Å²) >= 11 is 0. The van der Waals surface area contributed by atoms with Crippen LogP contribution in [0.3, 0.4) is 0 Å². The molecule has 4 nitrogen and oxygen atoms in total. The molecular formula is C21H17N2O2+. The van der Waals surface area contributed by atoms with Crippen molar-refractivity contribution in [3.63, 3.8) is 0 Å². The van der Waals surface area contributed by atoms with E-state index >= 15 is 0 Å². The minimum atomic E-state index is -2.23. The van der Waals surface area contributed by atoms with Crippen molar-refractivity contribution in [3.05, 3.63) is 60.0 Å². The first kappa shape index (κ1) is 11.4. The summed E-state index contributed by atoms with van der Waals surface area (Å²) in [6.07, 6.45) is 3.14. The summed E-state index contributed by atoms with van der Waals surface area (Å²) < 4.78 is 36.5. The summed E-state index contributed by atoms with van der Waals surface area (Å²) in [7, 11) is 1.82. The van der Waals surface area contributed by atoms with Gasteiger partial charge in [0.15, 0.2) is 17.4 Å². The molecule has 3 aromatic heterocycles. The minimum Gasteiger partial charge on any atom is -0.452 e. The van der Waals surface area contributed by atoms with Crippen LogP contribution in [0.5, 0.6) is 0 Å². The third-order valence-electron chi connectivity index (χ3n) is 4.63. The number of rotatable bonds is 1. The molecule has 2 aromatic carbocycles. The van der Waals surface area contributed by atoms with Gasteiger partial charge >= 0.3 is 0 Å². The topological polar surface area (TPSA) is 43.0 Å². The average molecular weight is 332 g/mol. The molecule has 3 heterocycles. The zero-order chi connectivity index (χ0) is 19.6. The number of aryl methyl sites for hydroxylation is 3. The van der Waals surface area contributed by atoms with Gasteiger partial charge in [-0.05, 0) is 43.6 Å². The molecule has 0 fully saturated rings. The molecule has 0 saturated heterocycles. The molecule has 4 heteroatoms. The van der Waals surface area contributed by atoms with Gasteiger partial charge in [-0.25, -0.2) is 4.98 Å². The van der Waals surface area contributed by atoms with E-state index in [2.05, 4.69) is 4.98 Å². The number of para-hydroxylation sites is 1. The molecule has 25 heavy (non-hydrogen) atoms. The first-order valence-electron chi connectivity index (χ1n) is 9.54. The number of hydrogen-bond donors (Lipinski definition) is 0. The third kappa shape index (κ3) is 2.00. The van der Waals surface area contributed by atoms with Crippen LogP contribution in [0, 0.1) is 13.8 Å². The largest absolute Gasteiger partial charge is 0.452 e. The van der Waals surface area contributed by atoms with Crippen LogP contribution in [-0.4, -0.2) is 4.98 Å². The lowest BCUT2D eigenvalue weighted by Gasteiger charge is -2.04. The van der Waals surface area contributed by atoms with Gasteiger partial charge < -0.3 is 8.83 Å². The predicted molar refractivity (Wildman–Crippen MR) is 97.4 cm³/mol. The Morgan fingerprint density at radius 3 is 2.68 bits per heavy atom. The fourth-order valence-electron chi connectivity index (χ4n) is 3.40. The van der Waals surface area contributed by atoms with Gasteiger partial charge in [0.2, 0.25) is 5.69 Å². The van der Waals surface area contributed by atoms with Gasteiger partial charge in [0.25, 0.3) is 0 Å². The molecule has 0 atom stereocenters. The molecule has 0 aliphatic heterocycles. The van der Waals surface area contributed by atoms with Crippen molar-refractivity contribution in [1.82, 2.24) is 4.98 Å². The van der Waals surface area contributed by atoms with E-state index in [9.17, 15) is 0 Å². The first-order chi connectivity index (χ1) is 13.3. The van der Waals surface area contributed by atoms with Crippen LogP contribution in [0.25, 0.3) is 44.4 Å². The molecule has 0 spiro atoms. The molecule has 0 amide bonds. The molecule has 0 N–H and O–H groups in total. The summed E-state index contributed by atoms with van der Waals surface area (Å²) in [4.78, 5) is 4.15. The highest BCUT2D eigenvalue weighted by atomic mass is 16.4. The van der Waals surface area contributed by atoms with Gasteiger partial charge in [-0.15, -0.1) is 0 Å². The van der Waals surface area contributed by atoms with E-state index in [-0.39, 0.29) is 5.69 Å². The number of nitrogens with zero attached hydrogens (tertiary/aromatic N) is 2. The van der Waals surface area contributed by atoms with Crippen molar-refractivity contribution in [2.24, 2.45) is 7.05 Å². The molecular weight excluding hydrogens is 312 g/mol. The maximum Gasteiger partial charge on any atom is 0.231 e. The first-order valence-corrected chi connectivity index (χ1v) is 8.04. The summed E-state index contributed by atoms with van der Waals surface area (Å²) in [6.45, 7) is -0.226. The van der Waals surface area contributed by atoms with Crippen molar-refractivity contribution < 1.29 is 17.5 Å². The smallest absolute Gasteiger partial charge is 0.231 e. The van der Waals surface area contributed by atoms with Gasteiger partial charge in [-0.2, -0.15) is 4.57 Å². The van der Waals surface area contributed by atoms with E-state index in [1.54, 1.807) is 17.0 Å². The second-order valence-electron chi connectivity index (χ2n) is 6.29. The highest BCUT2D eigenvalue weighted by molar-refractivity contribution is 6.13. The molecule has 5 rings (SSSR count). The Morgan fingerprint density at radius 1 is 1.04 bits per heavy atom. The van der Waals surface area contributed by atoms with Crippen LogP contribution in [0.2, 0.25) is 0 Å². The predicted octanol–water partition coefficient (Wildman–Crippen LogP) is 4.84. The van der Waals surface area contributed by atoms with Crippen molar-refractivity contribution in [2.45, 2.75) is 13.8 Å². The van der Waals surface area contributed by atoms with E-state index in [0.717, 1.165) is 49.9 Å². The van der Waals surface area contributed by atoms with E-state index < -0.39 is 6.85 Å². The SMILES string of the molecule is [2H]C([2H])([2H])c1c[n+](C)c(-c2cc3oc4c5ccccc5oc4c3cc2C)cn1. The fourth-order valence-corrected chi connectivity index (χ4v) is 3.40. The Kier molecular flexibility index (Phi) is 2.25. The van der Waals surface area contributed by atoms with Crippen LogP contribution < -0.4 is 4.57 Å². The minimum absolute atomic E-state index is 0.0689. The summed E-state index contributed by atoms with van der Waals surface area (Å²) in [5.74, 6) is 0. The molecule has 122 valence electrons. The molecule has 0 bridgehead atoms. The lowest BCUT2D eigenvalue weighted by molar-refractivity contribution is -0.661. The van der Waals surface area contributed by atoms with E-state index in [4.69, 9.17) is 12.9 Å². The Morgan fingerprint density at radius 2 is 1.84 bits per heavy atom. The normalized spacial score (nSPS) is 14.1. The van der Waals surface area contributed by atoms with Gasteiger partial charge in [0.05, 0.1) is 22.5 Å². The number of fused-ring (bicyclic) bond motifs is 5. The summed E-state index contributed by atoms with van der Waals surface area (Å²) in [5, 5.41) is 1.87. The van der Waals surface area contributed by atoms with Gasteiger partial charge in [0.1, 0.15) is 23.9 Å². The Balaban J connectivity index is 1.73. The molecule has 0 aliphatic rings.